The van der Waals surface area contributed by atoms with E-state index < -0.39 is 21.7 Å². The van der Waals surface area contributed by atoms with Crippen LogP contribution in [0.4, 0.5) is 4.39 Å². The Bertz CT molecular complexity index is 678. The Morgan fingerprint density at radius 2 is 1.83 bits per heavy atom. The maximum Gasteiger partial charge on any atom is 0.257 e. The number of halogens is 1. The summed E-state index contributed by atoms with van der Waals surface area (Å²) in [5.74, 6) is -1.92. The fraction of sp³-hybridized carbons (Fsp3) is 0.385. The fourth-order valence-corrected chi connectivity index (χ4v) is 2.53. The summed E-state index contributed by atoms with van der Waals surface area (Å²) in [7, 11) is -1.10. The molecule has 10 heteroatoms. The Morgan fingerprint density at radius 3 is 2.39 bits per heavy atom. The summed E-state index contributed by atoms with van der Waals surface area (Å²) in [6.45, 7) is -0.498. The SMILES string of the molecule is CNC(=O)CCNS(=O)(=O)c1ccc(OCC(=O)NC)c(F)c1. The number of rotatable bonds is 8. The van der Waals surface area contributed by atoms with Crippen LogP contribution in [0.15, 0.2) is 23.1 Å². The summed E-state index contributed by atoms with van der Waals surface area (Å²) in [6, 6.07) is 3.04. The quantitative estimate of drug-likeness (QED) is 0.579. The molecule has 0 unspecified atom stereocenters. The van der Waals surface area contributed by atoms with Crippen LogP contribution in [0.5, 0.6) is 5.75 Å². The number of benzene rings is 1. The molecular weight excluding hydrogens is 329 g/mol. The van der Waals surface area contributed by atoms with Crippen molar-refractivity contribution in [3.63, 3.8) is 0 Å². The predicted octanol–water partition coefficient (Wildman–Crippen LogP) is -0.635. The van der Waals surface area contributed by atoms with Gasteiger partial charge in [0.05, 0.1) is 4.90 Å². The molecule has 0 heterocycles. The van der Waals surface area contributed by atoms with E-state index in [0.29, 0.717) is 0 Å². The third-order valence-electron chi connectivity index (χ3n) is 2.77. The van der Waals surface area contributed by atoms with Crippen molar-refractivity contribution in [2.24, 2.45) is 0 Å². The first-order valence-corrected chi connectivity index (χ1v) is 8.11. The van der Waals surface area contributed by atoms with Crippen molar-refractivity contribution in [2.75, 3.05) is 27.2 Å². The van der Waals surface area contributed by atoms with Crippen LogP contribution in [-0.4, -0.2) is 47.5 Å². The number of carbonyl (C=O) groups is 2. The molecule has 0 radical (unpaired) electrons. The van der Waals surface area contributed by atoms with Crippen molar-refractivity contribution in [1.82, 2.24) is 15.4 Å². The summed E-state index contributed by atoms with van der Waals surface area (Å²) in [5.41, 5.74) is 0. The molecule has 0 aliphatic rings. The number of nitrogens with one attached hydrogen (secondary N) is 3. The second-order valence-electron chi connectivity index (χ2n) is 4.38. The molecule has 0 aliphatic carbocycles. The number of ether oxygens (including phenoxy) is 1. The molecule has 0 bridgehead atoms. The average molecular weight is 347 g/mol. The minimum absolute atomic E-state index is 0.0362. The van der Waals surface area contributed by atoms with Crippen LogP contribution in [0.1, 0.15) is 6.42 Å². The molecule has 128 valence electrons. The fourth-order valence-electron chi connectivity index (χ4n) is 1.49. The van der Waals surface area contributed by atoms with Gasteiger partial charge < -0.3 is 15.4 Å². The van der Waals surface area contributed by atoms with E-state index >= 15 is 0 Å². The van der Waals surface area contributed by atoms with E-state index in [1.807, 2.05) is 0 Å². The Hall–Kier alpha value is -2.20. The normalized spacial score (nSPS) is 10.9. The molecule has 0 saturated carbocycles. The minimum atomic E-state index is -3.94. The van der Waals surface area contributed by atoms with Gasteiger partial charge in [-0.1, -0.05) is 0 Å². The van der Waals surface area contributed by atoms with Gasteiger partial charge in [-0.15, -0.1) is 0 Å². The Balaban J connectivity index is 2.75. The highest BCUT2D eigenvalue weighted by atomic mass is 32.2. The highest BCUT2D eigenvalue weighted by molar-refractivity contribution is 7.89. The first kappa shape index (κ1) is 18.8. The molecule has 3 N–H and O–H groups in total. The van der Waals surface area contributed by atoms with Gasteiger partial charge in [-0.3, -0.25) is 9.59 Å². The lowest BCUT2D eigenvalue weighted by molar-refractivity contribution is -0.122. The number of amides is 2. The van der Waals surface area contributed by atoms with E-state index in [9.17, 15) is 22.4 Å². The van der Waals surface area contributed by atoms with E-state index in [2.05, 4.69) is 15.4 Å². The van der Waals surface area contributed by atoms with Crippen LogP contribution in [0.2, 0.25) is 0 Å². The molecule has 23 heavy (non-hydrogen) atoms. The number of carbonyl (C=O) groups excluding carboxylic acids is 2. The Kier molecular flexibility index (Phi) is 6.91. The lowest BCUT2D eigenvalue weighted by Gasteiger charge is -2.09. The van der Waals surface area contributed by atoms with Crippen LogP contribution in [0.25, 0.3) is 0 Å². The molecule has 0 saturated heterocycles. The maximum absolute atomic E-state index is 13.8. The van der Waals surface area contributed by atoms with E-state index in [4.69, 9.17) is 4.74 Å². The lowest BCUT2D eigenvalue weighted by atomic mass is 10.3. The van der Waals surface area contributed by atoms with E-state index in [1.54, 1.807) is 0 Å². The van der Waals surface area contributed by atoms with Crippen LogP contribution in [0.3, 0.4) is 0 Å². The number of hydrogen-bond acceptors (Lipinski definition) is 5. The van der Waals surface area contributed by atoms with Gasteiger partial charge in [-0.05, 0) is 18.2 Å². The molecular formula is C13H18FN3O5S. The predicted molar refractivity (Wildman–Crippen MR) is 79.8 cm³/mol. The second-order valence-corrected chi connectivity index (χ2v) is 6.14. The highest BCUT2D eigenvalue weighted by Gasteiger charge is 2.17. The van der Waals surface area contributed by atoms with Crippen LogP contribution in [-0.2, 0) is 19.6 Å². The van der Waals surface area contributed by atoms with Crippen LogP contribution in [0, 0.1) is 5.82 Å². The van der Waals surface area contributed by atoms with Gasteiger partial charge in [0, 0.05) is 27.1 Å². The van der Waals surface area contributed by atoms with Crippen molar-refractivity contribution >= 4 is 21.8 Å². The molecule has 1 aromatic rings. The van der Waals surface area contributed by atoms with E-state index in [1.165, 1.54) is 14.1 Å². The maximum atomic E-state index is 13.8. The van der Waals surface area contributed by atoms with Crippen molar-refractivity contribution in [3.05, 3.63) is 24.0 Å². The molecule has 8 nitrogen and oxygen atoms in total. The molecule has 0 spiro atoms. The third-order valence-corrected chi connectivity index (χ3v) is 4.23. The number of sulfonamides is 1. The number of hydrogen-bond donors (Lipinski definition) is 3. The first-order chi connectivity index (χ1) is 10.8. The van der Waals surface area contributed by atoms with Gasteiger partial charge >= 0.3 is 0 Å². The third kappa shape index (κ3) is 5.83. The van der Waals surface area contributed by atoms with E-state index in [0.717, 1.165) is 18.2 Å². The topological polar surface area (TPSA) is 114 Å². The van der Waals surface area contributed by atoms with E-state index in [-0.39, 0.29) is 36.1 Å². The average Bonchev–Trinajstić information content (AvgIpc) is 2.52. The molecule has 0 fully saturated rings. The Morgan fingerprint density at radius 1 is 1.17 bits per heavy atom. The van der Waals surface area contributed by atoms with Gasteiger partial charge in [0.25, 0.3) is 5.91 Å². The van der Waals surface area contributed by atoms with Crippen molar-refractivity contribution in [3.8, 4) is 5.75 Å². The van der Waals surface area contributed by atoms with Crippen molar-refractivity contribution in [2.45, 2.75) is 11.3 Å². The van der Waals surface area contributed by atoms with Gasteiger partial charge in [-0.25, -0.2) is 17.5 Å². The molecule has 1 rings (SSSR count). The summed E-state index contributed by atoms with van der Waals surface area (Å²) in [6.07, 6.45) is -0.0362. The monoisotopic (exact) mass is 347 g/mol. The molecule has 1 aromatic carbocycles. The van der Waals surface area contributed by atoms with Gasteiger partial charge in [0.15, 0.2) is 18.2 Å². The minimum Gasteiger partial charge on any atom is -0.481 e. The van der Waals surface area contributed by atoms with Crippen molar-refractivity contribution < 1.29 is 27.1 Å². The van der Waals surface area contributed by atoms with Crippen molar-refractivity contribution in [1.29, 1.82) is 0 Å². The van der Waals surface area contributed by atoms with Gasteiger partial charge in [0.2, 0.25) is 15.9 Å². The second kappa shape index (κ2) is 8.44. The summed E-state index contributed by atoms with van der Waals surface area (Å²) in [5, 5.41) is 4.66. The largest absolute Gasteiger partial charge is 0.481 e. The Labute approximate surface area is 133 Å². The zero-order chi connectivity index (χ0) is 17.5. The standard InChI is InChI=1S/C13H18FN3O5S/c1-15-12(18)5-6-17-23(20,21)9-3-4-11(10(14)7-9)22-8-13(19)16-2/h3-4,7,17H,5-6,8H2,1-2H3,(H,15,18)(H,16,19). The zero-order valence-electron chi connectivity index (χ0n) is 12.7. The van der Waals surface area contributed by atoms with Gasteiger partial charge in [0.1, 0.15) is 0 Å². The first-order valence-electron chi connectivity index (χ1n) is 6.63. The molecule has 0 atom stereocenters. The number of likely N-dealkylation sites (N-methyl/N-ethyl adjacent to an activating group) is 1. The van der Waals surface area contributed by atoms with Crippen LogP contribution < -0.4 is 20.1 Å². The summed E-state index contributed by atoms with van der Waals surface area (Å²) >= 11 is 0. The molecule has 2 amide bonds. The summed E-state index contributed by atoms with van der Waals surface area (Å²) < 4.78 is 44.9. The van der Waals surface area contributed by atoms with Gasteiger partial charge in [-0.2, -0.15) is 0 Å². The highest BCUT2D eigenvalue weighted by Crippen LogP contribution is 2.21. The molecule has 0 aromatic heterocycles. The smallest absolute Gasteiger partial charge is 0.257 e. The zero-order valence-corrected chi connectivity index (χ0v) is 13.5. The lowest BCUT2D eigenvalue weighted by Crippen LogP contribution is -2.29. The van der Waals surface area contributed by atoms with Crippen LogP contribution >= 0.6 is 0 Å². The summed E-state index contributed by atoms with van der Waals surface area (Å²) in [4.78, 5) is 21.7. The molecule has 0 aliphatic heterocycles.